The van der Waals surface area contributed by atoms with E-state index in [1.165, 1.54) is 6.42 Å². The van der Waals surface area contributed by atoms with Gasteiger partial charge in [0.15, 0.2) is 11.5 Å². The van der Waals surface area contributed by atoms with Crippen LogP contribution in [0.2, 0.25) is 0 Å². The van der Waals surface area contributed by atoms with Gasteiger partial charge in [-0.15, -0.1) is 0 Å². The predicted octanol–water partition coefficient (Wildman–Crippen LogP) is 6.84. The number of hydrogen-bond donors (Lipinski definition) is 1. The first-order chi connectivity index (χ1) is 18.4. The lowest BCUT2D eigenvalue weighted by molar-refractivity contribution is 0.159. The third kappa shape index (κ3) is 6.11. The van der Waals surface area contributed by atoms with Crippen LogP contribution < -0.4 is 29.7 Å². The summed E-state index contributed by atoms with van der Waals surface area (Å²) in [7, 11) is 5.16. The number of methoxy groups -OCH3 is 3. The van der Waals surface area contributed by atoms with Crippen LogP contribution in [0.1, 0.15) is 43.5 Å². The minimum absolute atomic E-state index is 0.0785. The molecule has 7 nitrogen and oxygen atoms in total. The smallest absolute Gasteiger partial charge is 0.258 e. The molecule has 1 aliphatic rings. The molecule has 3 aromatic carbocycles. The second-order valence-electron chi connectivity index (χ2n) is 9.74. The Labute approximate surface area is 226 Å². The molecule has 1 saturated carbocycles. The van der Waals surface area contributed by atoms with Gasteiger partial charge < -0.3 is 29.0 Å². The standard InChI is InChI=1S/C30H39N2O5P/c1-32(2)24-16-18-26(19-17-24)38(33,37-25-14-10-7-11-15-25)30(31-23-12-8-6-9-13-23)22-20-27(34-3)29(36-5)28(21-22)35-4/h6,8-9,12-13,16-21,25,30-31H,7,10-11,14-15H2,1-5H3/t30-,38-/m1/s1. The lowest BCUT2D eigenvalue weighted by Crippen LogP contribution is -2.25. The molecule has 4 rings (SSSR count). The lowest BCUT2D eigenvalue weighted by Gasteiger charge is -2.34. The van der Waals surface area contributed by atoms with E-state index < -0.39 is 13.2 Å². The van der Waals surface area contributed by atoms with Crippen molar-refractivity contribution < 1.29 is 23.3 Å². The van der Waals surface area contributed by atoms with Crippen molar-refractivity contribution in [2.45, 2.75) is 44.0 Å². The minimum Gasteiger partial charge on any atom is -0.493 e. The van der Waals surface area contributed by atoms with Crippen LogP contribution in [0.3, 0.4) is 0 Å². The maximum atomic E-state index is 15.4. The van der Waals surface area contributed by atoms with Gasteiger partial charge >= 0.3 is 0 Å². The van der Waals surface area contributed by atoms with E-state index in [4.69, 9.17) is 18.7 Å². The van der Waals surface area contributed by atoms with E-state index >= 15 is 4.57 Å². The quantitative estimate of drug-likeness (QED) is 0.268. The Morgan fingerprint density at radius 1 is 0.842 bits per heavy atom. The number of ether oxygens (including phenoxy) is 3. The van der Waals surface area contributed by atoms with Crippen LogP contribution in [-0.2, 0) is 9.09 Å². The van der Waals surface area contributed by atoms with Gasteiger partial charge in [-0.1, -0.05) is 37.5 Å². The maximum Gasteiger partial charge on any atom is 0.258 e. The Bertz CT molecular complexity index is 1200. The van der Waals surface area contributed by atoms with Crippen molar-refractivity contribution in [1.29, 1.82) is 0 Å². The molecule has 0 heterocycles. The summed E-state index contributed by atoms with van der Waals surface area (Å²) >= 11 is 0. The Morgan fingerprint density at radius 2 is 1.45 bits per heavy atom. The van der Waals surface area contributed by atoms with Crippen LogP contribution >= 0.6 is 7.37 Å². The highest BCUT2D eigenvalue weighted by Gasteiger charge is 2.41. The number of benzene rings is 3. The van der Waals surface area contributed by atoms with Crippen molar-refractivity contribution in [3.63, 3.8) is 0 Å². The zero-order valence-electron chi connectivity index (χ0n) is 23.0. The topological polar surface area (TPSA) is 69.3 Å². The van der Waals surface area contributed by atoms with E-state index in [9.17, 15) is 0 Å². The second kappa shape index (κ2) is 12.6. The summed E-state index contributed by atoms with van der Waals surface area (Å²) in [5.41, 5.74) is 2.58. The summed E-state index contributed by atoms with van der Waals surface area (Å²) in [4.78, 5) is 2.02. The molecule has 38 heavy (non-hydrogen) atoms. The van der Waals surface area contributed by atoms with Crippen LogP contribution in [-0.4, -0.2) is 41.5 Å². The van der Waals surface area contributed by atoms with Gasteiger partial charge in [0, 0.05) is 30.8 Å². The third-order valence-corrected chi connectivity index (χ3v) is 9.74. The van der Waals surface area contributed by atoms with Crippen LogP contribution in [0.5, 0.6) is 17.2 Å². The summed E-state index contributed by atoms with van der Waals surface area (Å²) in [6.45, 7) is 0. The molecule has 0 aromatic heterocycles. The molecule has 8 heteroatoms. The molecule has 0 saturated heterocycles. The molecule has 0 spiro atoms. The highest BCUT2D eigenvalue weighted by atomic mass is 31.2. The second-order valence-corrected chi connectivity index (χ2v) is 12.2. The molecule has 0 radical (unpaired) electrons. The first-order valence-electron chi connectivity index (χ1n) is 13.1. The van der Waals surface area contributed by atoms with Crippen molar-refractivity contribution in [3.05, 3.63) is 72.3 Å². The normalized spacial score (nSPS) is 16.2. The maximum absolute atomic E-state index is 15.4. The van der Waals surface area contributed by atoms with E-state index in [1.54, 1.807) is 21.3 Å². The first kappa shape index (κ1) is 27.9. The van der Waals surface area contributed by atoms with Gasteiger partial charge in [0.25, 0.3) is 7.37 Å². The van der Waals surface area contributed by atoms with E-state index in [2.05, 4.69) is 5.32 Å². The summed E-state index contributed by atoms with van der Waals surface area (Å²) in [5, 5.41) is 4.21. The van der Waals surface area contributed by atoms with Crippen LogP contribution in [0.15, 0.2) is 66.7 Å². The molecule has 2 atom stereocenters. The van der Waals surface area contributed by atoms with Gasteiger partial charge in [-0.3, -0.25) is 4.57 Å². The number of nitrogens with zero attached hydrogens (tertiary/aromatic N) is 1. The summed E-state index contributed by atoms with van der Waals surface area (Å²) in [6.07, 6.45) is 5.04. The van der Waals surface area contributed by atoms with Gasteiger partial charge in [-0.05, 0) is 66.9 Å². The minimum atomic E-state index is -3.55. The third-order valence-electron chi connectivity index (χ3n) is 7.00. The monoisotopic (exact) mass is 538 g/mol. The van der Waals surface area contributed by atoms with Gasteiger partial charge in [-0.2, -0.15) is 0 Å². The molecule has 0 unspecified atom stereocenters. The van der Waals surface area contributed by atoms with Crippen molar-refractivity contribution in [2.24, 2.45) is 0 Å². The fraction of sp³-hybridized carbons (Fsp3) is 0.400. The molecular formula is C30H39N2O5P. The Hall–Kier alpha value is -3.15. The molecule has 3 aromatic rings. The molecule has 1 aliphatic carbocycles. The van der Waals surface area contributed by atoms with E-state index in [0.29, 0.717) is 22.6 Å². The van der Waals surface area contributed by atoms with Crippen molar-refractivity contribution in [3.8, 4) is 17.2 Å². The zero-order valence-corrected chi connectivity index (χ0v) is 23.9. The predicted molar refractivity (Wildman–Crippen MR) is 155 cm³/mol. The molecule has 0 aliphatic heterocycles. The molecule has 1 N–H and O–H groups in total. The molecule has 1 fully saturated rings. The van der Waals surface area contributed by atoms with Gasteiger partial charge in [0.2, 0.25) is 5.75 Å². The highest BCUT2D eigenvalue weighted by molar-refractivity contribution is 7.67. The van der Waals surface area contributed by atoms with Crippen LogP contribution in [0, 0.1) is 0 Å². The van der Waals surface area contributed by atoms with Crippen molar-refractivity contribution in [2.75, 3.05) is 45.6 Å². The number of nitrogens with one attached hydrogen (secondary N) is 1. The number of anilines is 2. The highest BCUT2D eigenvalue weighted by Crippen LogP contribution is 2.61. The largest absolute Gasteiger partial charge is 0.493 e. The zero-order chi connectivity index (χ0) is 27.1. The van der Waals surface area contributed by atoms with Crippen LogP contribution in [0.4, 0.5) is 11.4 Å². The van der Waals surface area contributed by atoms with E-state index in [-0.39, 0.29) is 6.10 Å². The fourth-order valence-electron chi connectivity index (χ4n) is 4.94. The Kier molecular flexibility index (Phi) is 9.24. The Balaban J connectivity index is 1.90. The SMILES string of the molecule is COc1cc([C@H](Nc2ccccc2)[P@](=O)(OC2CCCCC2)c2ccc(N(C)C)cc2)cc(OC)c1OC. The molecule has 0 bridgehead atoms. The first-order valence-corrected chi connectivity index (χ1v) is 14.8. The average molecular weight is 539 g/mol. The van der Waals surface area contributed by atoms with Crippen molar-refractivity contribution >= 4 is 24.0 Å². The summed E-state index contributed by atoms with van der Waals surface area (Å²) in [5.74, 6) is 0.768. The van der Waals surface area contributed by atoms with Gasteiger partial charge in [-0.25, -0.2) is 0 Å². The van der Waals surface area contributed by atoms with E-state index in [0.717, 1.165) is 42.6 Å². The number of para-hydroxylation sites is 1. The van der Waals surface area contributed by atoms with Crippen molar-refractivity contribution in [1.82, 2.24) is 0 Å². The molecular weight excluding hydrogens is 499 g/mol. The summed E-state index contributed by atoms with van der Waals surface area (Å²) in [6, 6.07) is 21.3. The Morgan fingerprint density at radius 3 is 1.97 bits per heavy atom. The van der Waals surface area contributed by atoms with E-state index in [1.807, 2.05) is 85.7 Å². The van der Waals surface area contributed by atoms with Crippen LogP contribution in [0.25, 0.3) is 0 Å². The van der Waals surface area contributed by atoms with Gasteiger partial charge in [0.05, 0.1) is 27.4 Å². The number of hydrogen-bond acceptors (Lipinski definition) is 7. The molecule has 204 valence electrons. The fourth-order valence-corrected chi connectivity index (χ4v) is 7.56. The van der Waals surface area contributed by atoms with Gasteiger partial charge in [0.1, 0.15) is 5.78 Å². The average Bonchev–Trinajstić information content (AvgIpc) is 2.96. The molecule has 0 amide bonds. The number of rotatable bonds is 11. The lowest BCUT2D eigenvalue weighted by atomic mass is 9.98. The summed E-state index contributed by atoms with van der Waals surface area (Å²) < 4.78 is 39.0.